The lowest BCUT2D eigenvalue weighted by Gasteiger charge is -2.33. The van der Waals surface area contributed by atoms with E-state index in [1.807, 2.05) is 30.5 Å². The maximum atomic E-state index is 4.85. The molecule has 21 heavy (non-hydrogen) atoms. The Morgan fingerprint density at radius 3 is 2.81 bits per heavy atom. The highest BCUT2D eigenvalue weighted by Crippen LogP contribution is 2.37. The lowest BCUT2D eigenvalue weighted by Crippen LogP contribution is -2.30. The Labute approximate surface area is 127 Å². The Morgan fingerprint density at radius 1 is 1.24 bits per heavy atom. The summed E-state index contributed by atoms with van der Waals surface area (Å²) in [6.45, 7) is 2.32. The number of para-hydroxylation sites is 2. The third-order valence-electron chi connectivity index (χ3n) is 4.97. The maximum absolute atomic E-state index is 4.85. The van der Waals surface area contributed by atoms with Crippen LogP contribution in [0, 0.1) is 11.8 Å². The monoisotopic (exact) mass is 283 g/mol. The van der Waals surface area contributed by atoms with Crippen molar-refractivity contribution in [2.75, 3.05) is 7.05 Å². The Kier molecular flexibility index (Phi) is 4.49. The molecule has 3 heteroatoms. The van der Waals surface area contributed by atoms with E-state index in [0.717, 1.165) is 22.6 Å². The van der Waals surface area contributed by atoms with E-state index >= 15 is 0 Å². The van der Waals surface area contributed by atoms with Crippen LogP contribution in [0.15, 0.2) is 30.5 Å². The van der Waals surface area contributed by atoms with E-state index in [9.17, 15) is 0 Å². The van der Waals surface area contributed by atoms with Crippen LogP contribution >= 0.6 is 0 Å². The van der Waals surface area contributed by atoms with Gasteiger partial charge in [0.2, 0.25) is 0 Å². The van der Waals surface area contributed by atoms with Gasteiger partial charge in [0.15, 0.2) is 0 Å². The van der Waals surface area contributed by atoms with Crippen molar-refractivity contribution in [3.05, 3.63) is 36.2 Å². The molecule has 1 aliphatic rings. The van der Waals surface area contributed by atoms with Gasteiger partial charge in [0.25, 0.3) is 0 Å². The van der Waals surface area contributed by atoms with Crippen molar-refractivity contribution in [3.63, 3.8) is 0 Å². The summed E-state index contributed by atoms with van der Waals surface area (Å²) >= 11 is 0. The van der Waals surface area contributed by atoms with Gasteiger partial charge in [-0.25, -0.2) is 4.98 Å². The van der Waals surface area contributed by atoms with Gasteiger partial charge in [0.1, 0.15) is 0 Å². The first-order chi connectivity index (χ1) is 10.3. The highest BCUT2D eigenvalue weighted by molar-refractivity contribution is 5.73. The summed E-state index contributed by atoms with van der Waals surface area (Å²) in [6.07, 6.45) is 8.62. The fraction of sp³-hybridized carbons (Fsp3) is 0.556. The summed E-state index contributed by atoms with van der Waals surface area (Å²) in [7, 11) is 2.05. The molecule has 1 aromatic carbocycles. The van der Waals surface area contributed by atoms with Crippen LogP contribution < -0.4 is 5.32 Å². The van der Waals surface area contributed by atoms with Gasteiger partial charge in [-0.15, -0.1) is 0 Å². The Balaban J connectivity index is 1.86. The van der Waals surface area contributed by atoms with Crippen LogP contribution in [0.1, 0.15) is 50.8 Å². The Morgan fingerprint density at radius 2 is 2.05 bits per heavy atom. The molecule has 0 spiro atoms. The maximum Gasteiger partial charge on any atom is 0.0890 e. The van der Waals surface area contributed by atoms with Gasteiger partial charge >= 0.3 is 0 Å². The summed E-state index contributed by atoms with van der Waals surface area (Å²) in [5.41, 5.74) is 3.07. The second-order valence-electron chi connectivity index (χ2n) is 6.25. The highest BCUT2D eigenvalue weighted by Gasteiger charge is 2.28. The van der Waals surface area contributed by atoms with Crippen LogP contribution in [0.5, 0.6) is 0 Å². The van der Waals surface area contributed by atoms with Crippen molar-refractivity contribution < 1.29 is 0 Å². The summed E-state index contributed by atoms with van der Waals surface area (Å²) in [6, 6.07) is 8.45. The van der Waals surface area contributed by atoms with Gasteiger partial charge in [0, 0.05) is 0 Å². The molecule has 0 aliphatic heterocycles. The van der Waals surface area contributed by atoms with Gasteiger partial charge in [-0.3, -0.25) is 4.98 Å². The average Bonchev–Trinajstić information content (AvgIpc) is 2.56. The molecule has 3 rings (SSSR count). The highest BCUT2D eigenvalue weighted by atomic mass is 14.9. The predicted octanol–water partition coefficient (Wildman–Crippen LogP) is 4.11. The number of fused-ring (bicyclic) bond motifs is 1. The molecular formula is C18H25N3. The molecule has 3 nitrogen and oxygen atoms in total. The van der Waals surface area contributed by atoms with Crippen LogP contribution in [-0.4, -0.2) is 17.0 Å². The lowest BCUT2D eigenvalue weighted by molar-refractivity contribution is 0.212. The molecule has 2 aromatic rings. The minimum atomic E-state index is 0.330. The number of rotatable bonds is 4. The number of benzene rings is 1. The number of aromatic nitrogens is 2. The Bertz CT molecular complexity index is 596. The Hall–Kier alpha value is -1.48. The van der Waals surface area contributed by atoms with Crippen molar-refractivity contribution >= 4 is 11.0 Å². The minimum Gasteiger partial charge on any atom is -0.311 e. The van der Waals surface area contributed by atoms with E-state index in [1.165, 1.54) is 32.1 Å². The van der Waals surface area contributed by atoms with Crippen LogP contribution in [0.4, 0.5) is 0 Å². The van der Waals surface area contributed by atoms with Gasteiger partial charge in [-0.05, 0) is 43.9 Å². The van der Waals surface area contributed by atoms with E-state index in [1.54, 1.807) is 0 Å². The minimum absolute atomic E-state index is 0.330. The zero-order chi connectivity index (χ0) is 14.7. The second kappa shape index (κ2) is 6.52. The summed E-state index contributed by atoms with van der Waals surface area (Å²) < 4.78 is 0. The molecular weight excluding hydrogens is 258 g/mol. The molecule has 1 aliphatic carbocycles. The van der Waals surface area contributed by atoms with Crippen LogP contribution in [0.2, 0.25) is 0 Å². The summed E-state index contributed by atoms with van der Waals surface area (Å²) in [4.78, 5) is 9.43. The molecule has 3 atom stereocenters. The van der Waals surface area contributed by atoms with Gasteiger partial charge < -0.3 is 5.32 Å². The first-order valence-corrected chi connectivity index (χ1v) is 8.20. The predicted molar refractivity (Wildman–Crippen MR) is 87.1 cm³/mol. The van der Waals surface area contributed by atoms with E-state index in [2.05, 4.69) is 24.3 Å². The van der Waals surface area contributed by atoms with Gasteiger partial charge in [-0.1, -0.05) is 38.3 Å². The number of nitrogens with one attached hydrogen (secondary N) is 1. The molecule has 1 heterocycles. The van der Waals surface area contributed by atoms with Crippen molar-refractivity contribution in [1.29, 1.82) is 0 Å². The fourth-order valence-corrected chi connectivity index (χ4v) is 3.75. The summed E-state index contributed by atoms with van der Waals surface area (Å²) in [5, 5.41) is 3.49. The number of nitrogens with zero attached hydrogens (tertiary/aromatic N) is 2. The number of hydrogen-bond donors (Lipinski definition) is 1. The first kappa shape index (κ1) is 14.5. The lowest BCUT2D eigenvalue weighted by atomic mass is 9.76. The molecule has 1 fully saturated rings. The normalized spacial score (nSPS) is 24.1. The largest absolute Gasteiger partial charge is 0.311 e. The van der Waals surface area contributed by atoms with E-state index in [-0.39, 0.29) is 0 Å². The molecule has 1 N–H and O–H groups in total. The van der Waals surface area contributed by atoms with E-state index in [0.29, 0.717) is 12.0 Å². The topological polar surface area (TPSA) is 37.8 Å². The SMILES string of the molecule is CCC1CCCC(C(NC)c2cnc3ccccc3n2)C1. The first-order valence-electron chi connectivity index (χ1n) is 8.20. The quantitative estimate of drug-likeness (QED) is 0.917. The van der Waals surface area contributed by atoms with Crippen molar-refractivity contribution in [2.24, 2.45) is 11.8 Å². The van der Waals surface area contributed by atoms with Gasteiger partial charge in [0.05, 0.1) is 29.0 Å². The average molecular weight is 283 g/mol. The molecule has 0 bridgehead atoms. The molecule has 1 saturated carbocycles. The second-order valence-corrected chi connectivity index (χ2v) is 6.25. The van der Waals surface area contributed by atoms with Crippen LogP contribution in [0.25, 0.3) is 11.0 Å². The van der Waals surface area contributed by atoms with Crippen molar-refractivity contribution in [2.45, 2.75) is 45.1 Å². The standard InChI is InChI=1S/C18H25N3/c1-3-13-7-6-8-14(11-13)18(19-2)17-12-20-15-9-4-5-10-16(15)21-17/h4-5,9-10,12-14,18-19H,3,6-8,11H2,1-2H3. The summed E-state index contributed by atoms with van der Waals surface area (Å²) in [5.74, 6) is 1.57. The third kappa shape index (κ3) is 3.08. The van der Waals surface area contributed by atoms with Gasteiger partial charge in [-0.2, -0.15) is 0 Å². The van der Waals surface area contributed by atoms with Crippen LogP contribution in [-0.2, 0) is 0 Å². The van der Waals surface area contributed by atoms with Crippen molar-refractivity contribution in [3.8, 4) is 0 Å². The molecule has 3 unspecified atom stereocenters. The van der Waals surface area contributed by atoms with Crippen molar-refractivity contribution in [1.82, 2.24) is 15.3 Å². The molecule has 112 valence electrons. The molecule has 0 amide bonds. The fourth-order valence-electron chi connectivity index (χ4n) is 3.75. The molecule has 1 aromatic heterocycles. The zero-order valence-electron chi connectivity index (χ0n) is 13.0. The molecule has 0 radical (unpaired) electrons. The van der Waals surface area contributed by atoms with Crippen LogP contribution in [0.3, 0.4) is 0 Å². The smallest absolute Gasteiger partial charge is 0.0890 e. The third-order valence-corrected chi connectivity index (χ3v) is 4.97. The number of hydrogen-bond acceptors (Lipinski definition) is 3. The molecule has 0 saturated heterocycles. The van der Waals surface area contributed by atoms with E-state index < -0.39 is 0 Å². The van der Waals surface area contributed by atoms with E-state index in [4.69, 9.17) is 4.98 Å². The zero-order valence-corrected chi connectivity index (χ0v) is 13.0.